The summed E-state index contributed by atoms with van der Waals surface area (Å²) in [5.74, 6) is 0.857. The van der Waals surface area contributed by atoms with Crippen molar-refractivity contribution in [1.82, 2.24) is 14.6 Å². The van der Waals surface area contributed by atoms with Gasteiger partial charge in [0.05, 0.1) is 19.0 Å². The maximum atomic E-state index is 11.8. The number of fused-ring (bicyclic) bond motifs is 1. The van der Waals surface area contributed by atoms with Crippen LogP contribution >= 0.6 is 0 Å². The summed E-state index contributed by atoms with van der Waals surface area (Å²) >= 11 is 0. The van der Waals surface area contributed by atoms with Gasteiger partial charge in [0.25, 0.3) is 0 Å². The SMILES string of the molecule is COc1ccc2nc(-c3ccc(NC(=O)C4CC4)cc3)cn2n1. The number of anilines is 1. The molecule has 0 radical (unpaired) electrons. The van der Waals surface area contributed by atoms with E-state index in [2.05, 4.69) is 15.4 Å². The van der Waals surface area contributed by atoms with Gasteiger partial charge in [-0.05, 0) is 31.0 Å². The molecule has 1 aliphatic rings. The van der Waals surface area contributed by atoms with Crippen LogP contribution in [0.25, 0.3) is 16.9 Å². The Morgan fingerprint density at radius 2 is 2.00 bits per heavy atom. The first-order valence-corrected chi connectivity index (χ1v) is 7.55. The van der Waals surface area contributed by atoms with Gasteiger partial charge in [-0.1, -0.05) is 12.1 Å². The topological polar surface area (TPSA) is 68.5 Å². The zero-order valence-electron chi connectivity index (χ0n) is 12.7. The molecule has 0 atom stereocenters. The van der Waals surface area contributed by atoms with Gasteiger partial charge in [0.1, 0.15) is 0 Å². The van der Waals surface area contributed by atoms with Gasteiger partial charge in [-0.2, -0.15) is 0 Å². The Bertz CT molecular complexity index is 866. The minimum Gasteiger partial charge on any atom is -0.480 e. The van der Waals surface area contributed by atoms with Gasteiger partial charge in [0.2, 0.25) is 11.8 Å². The molecule has 0 bridgehead atoms. The summed E-state index contributed by atoms with van der Waals surface area (Å²) in [7, 11) is 1.58. The first kappa shape index (κ1) is 13.8. The van der Waals surface area contributed by atoms with Gasteiger partial charge in [-0.3, -0.25) is 4.79 Å². The molecule has 6 heteroatoms. The first-order chi connectivity index (χ1) is 11.2. The Morgan fingerprint density at radius 3 is 2.70 bits per heavy atom. The largest absolute Gasteiger partial charge is 0.480 e. The standard InChI is InChI=1S/C17H16N4O2/c1-23-16-9-8-15-19-14(10-21(15)20-16)11-4-6-13(7-5-11)18-17(22)12-2-3-12/h4-10,12H,2-3H2,1H3,(H,18,22). The molecular weight excluding hydrogens is 292 g/mol. The average Bonchev–Trinajstić information content (AvgIpc) is 3.34. The monoisotopic (exact) mass is 308 g/mol. The first-order valence-electron chi connectivity index (χ1n) is 7.55. The number of hydrogen-bond donors (Lipinski definition) is 1. The molecule has 1 fully saturated rings. The summed E-state index contributed by atoms with van der Waals surface area (Å²) in [4.78, 5) is 16.3. The van der Waals surface area contributed by atoms with Crippen molar-refractivity contribution >= 4 is 17.2 Å². The van der Waals surface area contributed by atoms with Crippen molar-refractivity contribution in [3.05, 3.63) is 42.6 Å². The quantitative estimate of drug-likeness (QED) is 0.804. The third-order valence-electron chi connectivity index (χ3n) is 3.90. The van der Waals surface area contributed by atoms with Crippen LogP contribution in [0.3, 0.4) is 0 Å². The van der Waals surface area contributed by atoms with Crippen LogP contribution in [0, 0.1) is 5.92 Å². The van der Waals surface area contributed by atoms with Gasteiger partial charge in [0.15, 0.2) is 5.65 Å². The van der Waals surface area contributed by atoms with Crippen molar-refractivity contribution in [1.29, 1.82) is 0 Å². The number of carbonyl (C=O) groups excluding carboxylic acids is 1. The highest BCUT2D eigenvalue weighted by Gasteiger charge is 2.29. The van der Waals surface area contributed by atoms with Gasteiger partial charge >= 0.3 is 0 Å². The van der Waals surface area contributed by atoms with Crippen LogP contribution in [-0.2, 0) is 4.79 Å². The molecule has 6 nitrogen and oxygen atoms in total. The molecule has 3 aromatic rings. The van der Waals surface area contributed by atoms with Crippen LogP contribution in [0.4, 0.5) is 5.69 Å². The predicted octanol–water partition coefficient (Wildman–Crippen LogP) is 2.75. The number of aromatic nitrogens is 3. The Morgan fingerprint density at radius 1 is 1.22 bits per heavy atom. The Hall–Kier alpha value is -2.89. The molecule has 2 aromatic heterocycles. The molecular formula is C17H16N4O2. The molecule has 116 valence electrons. The van der Waals surface area contributed by atoms with Crippen molar-refractivity contribution in [2.75, 3.05) is 12.4 Å². The van der Waals surface area contributed by atoms with E-state index in [1.165, 1.54) is 0 Å². The summed E-state index contributed by atoms with van der Waals surface area (Å²) in [6.07, 6.45) is 3.86. The Balaban J connectivity index is 1.58. The van der Waals surface area contributed by atoms with E-state index in [0.29, 0.717) is 5.88 Å². The smallest absolute Gasteiger partial charge is 0.231 e. The average molecular weight is 308 g/mol. The van der Waals surface area contributed by atoms with Crippen molar-refractivity contribution in [3.8, 4) is 17.1 Å². The highest BCUT2D eigenvalue weighted by atomic mass is 16.5. The van der Waals surface area contributed by atoms with E-state index in [1.807, 2.05) is 36.5 Å². The van der Waals surface area contributed by atoms with Crippen LogP contribution in [0.1, 0.15) is 12.8 Å². The maximum absolute atomic E-state index is 11.8. The highest BCUT2D eigenvalue weighted by molar-refractivity contribution is 5.94. The number of benzene rings is 1. The van der Waals surface area contributed by atoms with E-state index < -0.39 is 0 Å². The molecule has 1 N–H and O–H groups in total. The highest BCUT2D eigenvalue weighted by Crippen LogP contribution is 2.30. The van der Waals surface area contributed by atoms with Crippen LogP contribution < -0.4 is 10.1 Å². The zero-order valence-corrected chi connectivity index (χ0v) is 12.7. The second kappa shape index (κ2) is 5.39. The van der Waals surface area contributed by atoms with Crippen molar-refractivity contribution < 1.29 is 9.53 Å². The maximum Gasteiger partial charge on any atom is 0.231 e. The van der Waals surface area contributed by atoms with Crippen LogP contribution in [0.15, 0.2) is 42.6 Å². The van der Waals surface area contributed by atoms with E-state index in [-0.39, 0.29) is 11.8 Å². The van der Waals surface area contributed by atoms with Crippen LogP contribution in [-0.4, -0.2) is 27.6 Å². The lowest BCUT2D eigenvalue weighted by atomic mass is 10.1. The number of ether oxygens (including phenoxy) is 1. The fraction of sp³-hybridized carbons (Fsp3) is 0.235. The summed E-state index contributed by atoms with van der Waals surface area (Å²) in [5.41, 5.74) is 3.37. The molecule has 0 saturated heterocycles. The lowest BCUT2D eigenvalue weighted by molar-refractivity contribution is -0.117. The molecule has 1 aliphatic carbocycles. The summed E-state index contributed by atoms with van der Waals surface area (Å²) in [5, 5.41) is 7.23. The third kappa shape index (κ3) is 2.75. The van der Waals surface area contributed by atoms with Crippen LogP contribution in [0.5, 0.6) is 5.88 Å². The number of hydrogen-bond acceptors (Lipinski definition) is 4. The number of nitrogens with zero attached hydrogens (tertiary/aromatic N) is 3. The fourth-order valence-corrected chi connectivity index (χ4v) is 2.43. The summed E-state index contributed by atoms with van der Waals surface area (Å²) in [6, 6.07) is 11.3. The van der Waals surface area contributed by atoms with E-state index in [1.54, 1.807) is 17.7 Å². The van der Waals surface area contributed by atoms with Crippen molar-refractivity contribution in [3.63, 3.8) is 0 Å². The Kier molecular flexibility index (Phi) is 3.22. The van der Waals surface area contributed by atoms with Gasteiger partial charge in [-0.15, -0.1) is 5.10 Å². The van der Waals surface area contributed by atoms with E-state index in [0.717, 1.165) is 35.4 Å². The number of imidazole rings is 1. The molecule has 0 unspecified atom stereocenters. The second-order valence-corrected chi connectivity index (χ2v) is 5.65. The third-order valence-corrected chi connectivity index (χ3v) is 3.90. The number of methoxy groups -OCH3 is 1. The predicted molar refractivity (Wildman–Crippen MR) is 86.3 cm³/mol. The van der Waals surface area contributed by atoms with E-state index in [9.17, 15) is 4.79 Å². The normalized spacial score (nSPS) is 14.0. The van der Waals surface area contributed by atoms with Crippen molar-refractivity contribution in [2.24, 2.45) is 5.92 Å². The summed E-state index contributed by atoms with van der Waals surface area (Å²) < 4.78 is 6.81. The van der Waals surface area contributed by atoms with E-state index >= 15 is 0 Å². The molecule has 0 spiro atoms. The lowest BCUT2D eigenvalue weighted by Gasteiger charge is -2.04. The number of nitrogens with one attached hydrogen (secondary N) is 1. The van der Waals surface area contributed by atoms with Crippen LogP contribution in [0.2, 0.25) is 0 Å². The van der Waals surface area contributed by atoms with Crippen molar-refractivity contribution in [2.45, 2.75) is 12.8 Å². The Labute approximate surface area is 133 Å². The van der Waals surface area contributed by atoms with Gasteiger partial charge < -0.3 is 10.1 Å². The zero-order chi connectivity index (χ0) is 15.8. The molecule has 1 saturated carbocycles. The molecule has 23 heavy (non-hydrogen) atoms. The van der Waals surface area contributed by atoms with Gasteiger partial charge in [-0.25, -0.2) is 9.50 Å². The molecule has 1 amide bonds. The molecule has 0 aliphatic heterocycles. The fourth-order valence-electron chi connectivity index (χ4n) is 2.43. The second-order valence-electron chi connectivity index (χ2n) is 5.65. The number of amides is 1. The lowest BCUT2D eigenvalue weighted by Crippen LogP contribution is -2.12. The minimum atomic E-state index is 0.113. The van der Waals surface area contributed by atoms with Gasteiger partial charge in [0, 0.05) is 23.2 Å². The molecule has 2 heterocycles. The summed E-state index contributed by atoms with van der Waals surface area (Å²) in [6.45, 7) is 0. The number of rotatable bonds is 4. The van der Waals surface area contributed by atoms with E-state index in [4.69, 9.17) is 4.74 Å². The number of carbonyl (C=O) groups is 1. The molecule has 1 aromatic carbocycles. The molecule has 4 rings (SSSR count). The minimum absolute atomic E-state index is 0.113.